The summed E-state index contributed by atoms with van der Waals surface area (Å²) in [6.45, 7) is 0. The van der Waals surface area contributed by atoms with E-state index in [1.807, 2.05) is 19.2 Å². The molecular weight excluding hydrogens is 437 g/mol. The van der Waals surface area contributed by atoms with Crippen molar-refractivity contribution >= 4 is 49.9 Å². The molecule has 1 unspecified atom stereocenters. The maximum atomic E-state index is 5.44. The summed E-state index contributed by atoms with van der Waals surface area (Å²) in [6, 6.07) is 8.67. The van der Waals surface area contributed by atoms with Crippen LogP contribution in [0.3, 0.4) is 0 Å². The number of likely N-dealkylation sites (N-methyl/N-ethyl adjacent to an activating group) is 1. The van der Waals surface area contributed by atoms with E-state index in [0.717, 1.165) is 16.6 Å². The van der Waals surface area contributed by atoms with E-state index in [1.54, 1.807) is 18.4 Å². The quantitative estimate of drug-likeness (QED) is 0.669. The number of hydrogen-bond donors (Lipinski definition) is 1. The van der Waals surface area contributed by atoms with Gasteiger partial charge in [-0.05, 0) is 76.8 Å². The van der Waals surface area contributed by atoms with E-state index in [0.29, 0.717) is 6.04 Å². The maximum absolute atomic E-state index is 5.44. The topological polar surface area (TPSA) is 21.3 Å². The first kappa shape index (κ1) is 15.3. The monoisotopic (exact) mass is 451 g/mol. The first-order chi connectivity index (χ1) is 9.13. The van der Waals surface area contributed by atoms with Gasteiger partial charge in [0.25, 0.3) is 0 Å². The van der Waals surface area contributed by atoms with Crippen molar-refractivity contribution in [2.45, 2.75) is 12.5 Å². The molecule has 102 valence electrons. The van der Waals surface area contributed by atoms with Crippen LogP contribution in [0.15, 0.2) is 34.1 Å². The number of hydrogen-bond acceptors (Lipinski definition) is 3. The first-order valence-corrected chi connectivity index (χ1v) is 8.62. The van der Waals surface area contributed by atoms with Crippen LogP contribution in [0, 0.1) is 2.88 Å². The van der Waals surface area contributed by atoms with Crippen molar-refractivity contribution in [1.82, 2.24) is 5.32 Å². The highest BCUT2D eigenvalue weighted by atomic mass is 127. The summed E-state index contributed by atoms with van der Waals surface area (Å²) in [7, 11) is 3.72. The SMILES string of the molecule is CNC(Cc1cc(Br)ccc1OC)c1csc(I)c1. The Morgan fingerprint density at radius 1 is 1.42 bits per heavy atom. The Hall–Kier alpha value is -0.110. The van der Waals surface area contributed by atoms with Crippen molar-refractivity contribution in [3.8, 4) is 5.75 Å². The zero-order valence-corrected chi connectivity index (χ0v) is 15.3. The molecule has 0 saturated carbocycles. The van der Waals surface area contributed by atoms with Gasteiger partial charge in [0.2, 0.25) is 0 Å². The minimum atomic E-state index is 0.308. The van der Waals surface area contributed by atoms with Crippen LogP contribution in [0.1, 0.15) is 17.2 Å². The van der Waals surface area contributed by atoms with Crippen molar-refractivity contribution in [3.05, 3.63) is 48.1 Å². The zero-order valence-electron chi connectivity index (χ0n) is 10.7. The summed E-state index contributed by atoms with van der Waals surface area (Å²) in [5.41, 5.74) is 2.54. The van der Waals surface area contributed by atoms with Gasteiger partial charge in [-0.15, -0.1) is 11.3 Å². The average molecular weight is 452 g/mol. The van der Waals surface area contributed by atoms with Crippen LogP contribution in [-0.4, -0.2) is 14.2 Å². The largest absolute Gasteiger partial charge is 0.496 e. The molecule has 0 fully saturated rings. The second-order valence-electron chi connectivity index (χ2n) is 4.19. The standard InChI is InChI=1S/C14H15BrINOS/c1-17-12(10-7-14(16)19-8-10)6-9-5-11(15)3-4-13(9)18-2/h3-5,7-8,12,17H,6H2,1-2H3. The van der Waals surface area contributed by atoms with Gasteiger partial charge in [-0.2, -0.15) is 0 Å². The van der Waals surface area contributed by atoms with Gasteiger partial charge in [-0.3, -0.25) is 0 Å². The smallest absolute Gasteiger partial charge is 0.122 e. The lowest BCUT2D eigenvalue weighted by Crippen LogP contribution is -2.18. The molecule has 1 aromatic carbocycles. The van der Waals surface area contributed by atoms with Crippen LogP contribution >= 0.6 is 49.9 Å². The molecule has 1 N–H and O–H groups in total. The van der Waals surface area contributed by atoms with Crippen molar-refractivity contribution < 1.29 is 4.74 Å². The van der Waals surface area contributed by atoms with Crippen molar-refractivity contribution in [2.75, 3.05) is 14.2 Å². The predicted molar refractivity (Wildman–Crippen MR) is 93.2 cm³/mol. The minimum absolute atomic E-state index is 0.308. The fourth-order valence-electron chi connectivity index (χ4n) is 2.02. The summed E-state index contributed by atoms with van der Waals surface area (Å²) < 4.78 is 7.83. The third-order valence-electron chi connectivity index (χ3n) is 3.01. The maximum Gasteiger partial charge on any atom is 0.122 e. The molecule has 2 aromatic rings. The molecule has 1 atom stereocenters. The van der Waals surface area contributed by atoms with Gasteiger partial charge in [0, 0.05) is 10.5 Å². The Balaban J connectivity index is 2.25. The number of thiophene rings is 1. The van der Waals surface area contributed by atoms with Crippen LogP contribution in [0.2, 0.25) is 0 Å². The summed E-state index contributed by atoms with van der Waals surface area (Å²) in [6.07, 6.45) is 0.909. The minimum Gasteiger partial charge on any atom is -0.496 e. The normalized spacial score (nSPS) is 12.4. The van der Waals surface area contributed by atoms with E-state index in [4.69, 9.17) is 4.74 Å². The molecular formula is C14H15BrINOS. The van der Waals surface area contributed by atoms with Crippen molar-refractivity contribution in [1.29, 1.82) is 0 Å². The third kappa shape index (κ3) is 3.93. The molecule has 0 aliphatic heterocycles. The van der Waals surface area contributed by atoms with Crippen LogP contribution in [0.5, 0.6) is 5.75 Å². The third-order valence-corrected chi connectivity index (χ3v) is 5.31. The first-order valence-electron chi connectivity index (χ1n) is 5.87. The fraction of sp³-hybridized carbons (Fsp3) is 0.286. The molecule has 1 heterocycles. The highest BCUT2D eigenvalue weighted by Gasteiger charge is 2.14. The van der Waals surface area contributed by atoms with E-state index in [9.17, 15) is 0 Å². The fourth-order valence-corrected chi connectivity index (χ4v) is 3.85. The van der Waals surface area contributed by atoms with Gasteiger partial charge in [0.15, 0.2) is 0 Å². The number of halogens is 2. The second-order valence-corrected chi connectivity index (χ2v) is 7.91. The number of rotatable bonds is 5. The molecule has 1 aromatic heterocycles. The van der Waals surface area contributed by atoms with Gasteiger partial charge in [0.05, 0.1) is 9.99 Å². The van der Waals surface area contributed by atoms with E-state index < -0.39 is 0 Å². The Labute approximate surface area is 139 Å². The van der Waals surface area contributed by atoms with Crippen LogP contribution in [0.25, 0.3) is 0 Å². The van der Waals surface area contributed by atoms with Crippen LogP contribution in [-0.2, 0) is 6.42 Å². The molecule has 0 bridgehead atoms. The van der Waals surface area contributed by atoms with Crippen molar-refractivity contribution in [3.63, 3.8) is 0 Å². The molecule has 5 heteroatoms. The lowest BCUT2D eigenvalue weighted by atomic mass is 10.0. The summed E-state index contributed by atoms with van der Waals surface area (Å²) in [4.78, 5) is 0. The Morgan fingerprint density at radius 2 is 2.21 bits per heavy atom. The highest BCUT2D eigenvalue weighted by Crippen LogP contribution is 2.30. The van der Waals surface area contributed by atoms with Gasteiger partial charge in [-0.25, -0.2) is 0 Å². The van der Waals surface area contributed by atoms with E-state index in [2.05, 4.69) is 61.4 Å². The average Bonchev–Trinajstić information content (AvgIpc) is 2.82. The molecule has 19 heavy (non-hydrogen) atoms. The molecule has 0 radical (unpaired) electrons. The van der Waals surface area contributed by atoms with Crippen molar-refractivity contribution in [2.24, 2.45) is 0 Å². The van der Waals surface area contributed by atoms with E-state index in [-0.39, 0.29) is 0 Å². The summed E-state index contributed by atoms with van der Waals surface area (Å²) >= 11 is 7.66. The number of methoxy groups -OCH3 is 1. The number of benzene rings is 1. The Bertz CT molecular complexity index is 558. The lowest BCUT2D eigenvalue weighted by Gasteiger charge is -2.17. The van der Waals surface area contributed by atoms with E-state index in [1.165, 1.54) is 14.0 Å². The molecule has 0 aliphatic carbocycles. The number of ether oxygens (including phenoxy) is 1. The Morgan fingerprint density at radius 3 is 2.79 bits per heavy atom. The van der Waals surface area contributed by atoms with Crippen LogP contribution in [0.4, 0.5) is 0 Å². The molecule has 0 spiro atoms. The Kier molecular flexibility index (Phi) is 5.68. The molecule has 0 saturated heterocycles. The van der Waals surface area contributed by atoms with E-state index >= 15 is 0 Å². The lowest BCUT2D eigenvalue weighted by molar-refractivity contribution is 0.406. The van der Waals surface area contributed by atoms with Gasteiger partial charge < -0.3 is 10.1 Å². The van der Waals surface area contributed by atoms with Crippen LogP contribution < -0.4 is 10.1 Å². The highest BCUT2D eigenvalue weighted by molar-refractivity contribution is 14.1. The second kappa shape index (κ2) is 7.06. The predicted octanol–water partition coefficient (Wildman–Crippen LogP) is 4.63. The molecule has 2 rings (SSSR count). The van der Waals surface area contributed by atoms with Gasteiger partial charge in [-0.1, -0.05) is 15.9 Å². The molecule has 0 amide bonds. The van der Waals surface area contributed by atoms with Gasteiger partial charge in [0.1, 0.15) is 5.75 Å². The molecule has 0 aliphatic rings. The number of nitrogens with one attached hydrogen (secondary N) is 1. The molecule has 2 nitrogen and oxygen atoms in total. The van der Waals surface area contributed by atoms with Gasteiger partial charge >= 0.3 is 0 Å². The summed E-state index contributed by atoms with van der Waals surface area (Å²) in [5, 5.41) is 5.60. The summed E-state index contributed by atoms with van der Waals surface area (Å²) in [5.74, 6) is 0.938. The zero-order chi connectivity index (χ0) is 13.8.